The Morgan fingerprint density at radius 2 is 1.93 bits per heavy atom. The second-order valence-corrected chi connectivity index (χ2v) is 2.85. The number of hydrogen-bond acceptors (Lipinski definition) is 5. The molecule has 1 heterocycles. The molecule has 1 aromatic rings. The molecule has 1 rings (SSSR count). The summed E-state index contributed by atoms with van der Waals surface area (Å²) in [6, 6.07) is 3.49. The Bertz CT molecular complexity index is 275. The molecule has 0 amide bonds. The largest absolute Gasteiger partial charge is 0.396 e. The van der Waals surface area contributed by atoms with Gasteiger partial charge in [-0.15, -0.1) is 0 Å². The van der Waals surface area contributed by atoms with Crippen molar-refractivity contribution in [1.82, 2.24) is 4.98 Å². The third kappa shape index (κ3) is 2.58. The molecule has 0 unspecified atom stereocenters. The highest BCUT2D eigenvalue weighted by Gasteiger charge is 2.08. The summed E-state index contributed by atoms with van der Waals surface area (Å²) < 4.78 is 0. The molecular formula is C9H15N3O2. The summed E-state index contributed by atoms with van der Waals surface area (Å²) in [5, 5.41) is 17.6. The minimum atomic E-state index is 0.00993. The van der Waals surface area contributed by atoms with Crippen molar-refractivity contribution >= 4 is 11.5 Å². The van der Waals surface area contributed by atoms with Gasteiger partial charge in [-0.1, -0.05) is 0 Å². The van der Waals surface area contributed by atoms with Gasteiger partial charge in [0.1, 0.15) is 0 Å². The second kappa shape index (κ2) is 5.41. The molecule has 1 aromatic heterocycles. The van der Waals surface area contributed by atoms with E-state index in [4.69, 9.17) is 15.9 Å². The summed E-state index contributed by atoms with van der Waals surface area (Å²) in [4.78, 5) is 5.84. The van der Waals surface area contributed by atoms with E-state index in [0.717, 1.165) is 0 Å². The number of aliphatic hydroxyl groups excluding tert-OH is 2. The predicted molar refractivity (Wildman–Crippen MR) is 55.0 cm³/mol. The molecule has 78 valence electrons. The summed E-state index contributed by atoms with van der Waals surface area (Å²) in [6.07, 6.45) is 1.63. The lowest BCUT2D eigenvalue weighted by Crippen LogP contribution is -2.31. The number of nitrogens with zero attached hydrogens (tertiary/aromatic N) is 2. The van der Waals surface area contributed by atoms with Crippen molar-refractivity contribution in [2.45, 2.75) is 0 Å². The molecule has 0 aliphatic carbocycles. The van der Waals surface area contributed by atoms with Crippen LogP contribution in [0.4, 0.5) is 11.5 Å². The first kappa shape index (κ1) is 10.7. The van der Waals surface area contributed by atoms with Crippen LogP contribution in [0.5, 0.6) is 0 Å². The fourth-order valence-electron chi connectivity index (χ4n) is 1.24. The highest BCUT2D eigenvalue weighted by molar-refractivity contribution is 5.62. The van der Waals surface area contributed by atoms with E-state index >= 15 is 0 Å². The van der Waals surface area contributed by atoms with Gasteiger partial charge in [0.25, 0.3) is 0 Å². The quantitative estimate of drug-likeness (QED) is 0.590. The van der Waals surface area contributed by atoms with E-state index in [-0.39, 0.29) is 13.2 Å². The van der Waals surface area contributed by atoms with Crippen molar-refractivity contribution in [2.24, 2.45) is 0 Å². The number of aliphatic hydroxyl groups is 2. The van der Waals surface area contributed by atoms with Crippen molar-refractivity contribution in [3.63, 3.8) is 0 Å². The van der Waals surface area contributed by atoms with Crippen LogP contribution in [0.25, 0.3) is 0 Å². The zero-order chi connectivity index (χ0) is 10.4. The van der Waals surface area contributed by atoms with E-state index in [0.29, 0.717) is 24.6 Å². The number of rotatable bonds is 5. The van der Waals surface area contributed by atoms with Crippen molar-refractivity contribution in [3.8, 4) is 0 Å². The molecule has 0 aliphatic heterocycles. The first-order chi connectivity index (χ1) is 6.79. The van der Waals surface area contributed by atoms with E-state index in [1.54, 1.807) is 23.2 Å². The lowest BCUT2D eigenvalue weighted by Gasteiger charge is -2.22. The molecule has 0 fully saturated rings. The van der Waals surface area contributed by atoms with Crippen LogP contribution in [0.2, 0.25) is 0 Å². The number of aromatic nitrogens is 1. The zero-order valence-electron chi connectivity index (χ0n) is 7.93. The molecule has 0 bridgehead atoms. The normalized spacial score (nSPS) is 10.1. The summed E-state index contributed by atoms with van der Waals surface area (Å²) in [5.41, 5.74) is 6.26. The maximum Gasteiger partial charge on any atom is 0.151 e. The Morgan fingerprint density at radius 1 is 1.29 bits per heavy atom. The van der Waals surface area contributed by atoms with E-state index in [1.165, 1.54) is 0 Å². The standard InChI is InChI=1S/C9H15N3O2/c10-8-2-1-3-11-9(8)12(4-6-13)5-7-14/h1-3,13-14H,4-7,10H2. The fraction of sp³-hybridized carbons (Fsp3) is 0.444. The lowest BCUT2D eigenvalue weighted by atomic mass is 10.3. The number of nitrogens with two attached hydrogens (primary N) is 1. The second-order valence-electron chi connectivity index (χ2n) is 2.85. The maximum atomic E-state index is 8.82. The minimum absolute atomic E-state index is 0.00993. The van der Waals surface area contributed by atoms with Gasteiger partial charge in [-0.2, -0.15) is 0 Å². The number of anilines is 2. The average Bonchev–Trinajstić information content (AvgIpc) is 2.18. The molecule has 0 aromatic carbocycles. The Morgan fingerprint density at radius 3 is 2.43 bits per heavy atom. The third-order valence-electron chi connectivity index (χ3n) is 1.86. The van der Waals surface area contributed by atoms with Crippen LogP contribution in [-0.4, -0.2) is 41.5 Å². The zero-order valence-corrected chi connectivity index (χ0v) is 7.93. The molecule has 0 aliphatic rings. The predicted octanol–water partition coefficient (Wildman–Crippen LogP) is -0.545. The van der Waals surface area contributed by atoms with Gasteiger partial charge < -0.3 is 20.8 Å². The number of hydrogen-bond donors (Lipinski definition) is 3. The Kier molecular flexibility index (Phi) is 4.15. The summed E-state index contributed by atoms with van der Waals surface area (Å²) >= 11 is 0. The summed E-state index contributed by atoms with van der Waals surface area (Å²) in [5.74, 6) is 0.607. The molecule has 14 heavy (non-hydrogen) atoms. The van der Waals surface area contributed by atoms with Crippen LogP contribution in [0.3, 0.4) is 0 Å². The van der Waals surface area contributed by atoms with Crippen molar-refractivity contribution in [3.05, 3.63) is 18.3 Å². The van der Waals surface area contributed by atoms with Gasteiger partial charge in [-0.25, -0.2) is 4.98 Å². The van der Waals surface area contributed by atoms with E-state index < -0.39 is 0 Å². The van der Waals surface area contributed by atoms with Crippen LogP contribution in [0.1, 0.15) is 0 Å². The average molecular weight is 197 g/mol. The van der Waals surface area contributed by atoms with Crippen molar-refractivity contribution < 1.29 is 10.2 Å². The number of nitrogen functional groups attached to an aromatic ring is 1. The van der Waals surface area contributed by atoms with Gasteiger partial charge in [0.15, 0.2) is 5.82 Å². The first-order valence-corrected chi connectivity index (χ1v) is 4.46. The van der Waals surface area contributed by atoms with Crippen LogP contribution >= 0.6 is 0 Å². The van der Waals surface area contributed by atoms with Crippen LogP contribution < -0.4 is 10.6 Å². The van der Waals surface area contributed by atoms with E-state index in [9.17, 15) is 0 Å². The molecule has 0 saturated heterocycles. The maximum absolute atomic E-state index is 8.82. The third-order valence-corrected chi connectivity index (χ3v) is 1.86. The minimum Gasteiger partial charge on any atom is -0.396 e. The Labute approximate surface area is 82.8 Å². The van der Waals surface area contributed by atoms with Crippen LogP contribution in [0.15, 0.2) is 18.3 Å². The van der Waals surface area contributed by atoms with Crippen LogP contribution in [0, 0.1) is 0 Å². The van der Waals surface area contributed by atoms with Gasteiger partial charge in [-0.05, 0) is 12.1 Å². The Balaban J connectivity index is 2.81. The number of pyridine rings is 1. The molecule has 0 saturated carbocycles. The molecule has 0 spiro atoms. The van der Waals surface area contributed by atoms with Gasteiger partial charge >= 0.3 is 0 Å². The van der Waals surface area contributed by atoms with Gasteiger partial charge in [0, 0.05) is 19.3 Å². The summed E-state index contributed by atoms with van der Waals surface area (Å²) in [7, 11) is 0. The molecule has 0 atom stereocenters. The monoisotopic (exact) mass is 197 g/mol. The molecule has 4 N–H and O–H groups in total. The van der Waals surface area contributed by atoms with Gasteiger partial charge in [-0.3, -0.25) is 0 Å². The highest BCUT2D eigenvalue weighted by Crippen LogP contribution is 2.17. The Hall–Kier alpha value is -1.33. The molecule has 5 nitrogen and oxygen atoms in total. The molecular weight excluding hydrogens is 182 g/mol. The molecule has 0 radical (unpaired) electrons. The molecule has 5 heteroatoms. The van der Waals surface area contributed by atoms with Crippen molar-refractivity contribution in [1.29, 1.82) is 0 Å². The van der Waals surface area contributed by atoms with E-state index in [1.807, 2.05) is 0 Å². The van der Waals surface area contributed by atoms with Gasteiger partial charge in [0.2, 0.25) is 0 Å². The van der Waals surface area contributed by atoms with Crippen LogP contribution in [-0.2, 0) is 0 Å². The van der Waals surface area contributed by atoms with E-state index in [2.05, 4.69) is 4.98 Å². The highest BCUT2D eigenvalue weighted by atomic mass is 16.3. The first-order valence-electron chi connectivity index (χ1n) is 4.46. The SMILES string of the molecule is Nc1cccnc1N(CCO)CCO. The van der Waals surface area contributed by atoms with Gasteiger partial charge in [0.05, 0.1) is 18.9 Å². The van der Waals surface area contributed by atoms with Crippen molar-refractivity contribution in [2.75, 3.05) is 36.9 Å². The fourth-order valence-corrected chi connectivity index (χ4v) is 1.24. The topological polar surface area (TPSA) is 82.6 Å². The summed E-state index contributed by atoms with van der Waals surface area (Å²) in [6.45, 7) is 0.857. The smallest absolute Gasteiger partial charge is 0.151 e. The lowest BCUT2D eigenvalue weighted by molar-refractivity contribution is 0.281.